The largest absolute Gasteiger partial charge is 0.330 e. The van der Waals surface area contributed by atoms with E-state index in [9.17, 15) is 0 Å². The summed E-state index contributed by atoms with van der Waals surface area (Å²) in [4.78, 5) is 7.50. The Labute approximate surface area is 165 Å². The Balaban J connectivity index is 1.74. The van der Waals surface area contributed by atoms with E-state index in [1.807, 2.05) is 12.1 Å². The van der Waals surface area contributed by atoms with Crippen LogP contribution in [0.4, 0.5) is 0 Å². The van der Waals surface area contributed by atoms with Gasteiger partial charge in [0.1, 0.15) is 5.82 Å². The SMILES string of the molecule is CC(c1nc2cc(Cl)ccc2n1Cc1ccccc1)N1CCC(C)(CN)C1. The third-order valence-electron chi connectivity index (χ3n) is 5.92. The highest BCUT2D eigenvalue weighted by Gasteiger charge is 2.36. The molecule has 0 saturated carbocycles. The van der Waals surface area contributed by atoms with Crippen LogP contribution in [0, 0.1) is 5.41 Å². The first-order chi connectivity index (χ1) is 13.0. The Morgan fingerprint density at radius 1 is 1.22 bits per heavy atom. The van der Waals surface area contributed by atoms with Crippen LogP contribution in [0.15, 0.2) is 48.5 Å². The van der Waals surface area contributed by atoms with Crippen molar-refractivity contribution in [3.05, 3.63) is 64.9 Å². The van der Waals surface area contributed by atoms with Gasteiger partial charge in [-0.3, -0.25) is 4.90 Å². The molecule has 1 fully saturated rings. The molecule has 5 heteroatoms. The van der Waals surface area contributed by atoms with Gasteiger partial charge in [0.2, 0.25) is 0 Å². The number of rotatable bonds is 5. The van der Waals surface area contributed by atoms with Crippen molar-refractivity contribution in [3.63, 3.8) is 0 Å². The van der Waals surface area contributed by atoms with E-state index >= 15 is 0 Å². The topological polar surface area (TPSA) is 47.1 Å². The maximum Gasteiger partial charge on any atom is 0.127 e. The van der Waals surface area contributed by atoms with Crippen molar-refractivity contribution < 1.29 is 0 Å². The van der Waals surface area contributed by atoms with Crippen LogP contribution >= 0.6 is 11.6 Å². The summed E-state index contributed by atoms with van der Waals surface area (Å²) in [7, 11) is 0. The standard InChI is InChI=1S/C22H27ClN4/c1-16(26-11-10-22(2,14-24)15-26)21-25-19-12-18(23)8-9-20(19)27(21)13-17-6-4-3-5-7-17/h3-9,12,16H,10-11,13-15,24H2,1-2H3. The molecule has 1 saturated heterocycles. The van der Waals surface area contributed by atoms with Crippen LogP contribution in [0.1, 0.15) is 37.7 Å². The van der Waals surface area contributed by atoms with Crippen LogP contribution in [0.2, 0.25) is 5.02 Å². The minimum atomic E-state index is 0.202. The summed E-state index contributed by atoms with van der Waals surface area (Å²) < 4.78 is 2.34. The first-order valence-corrected chi connectivity index (χ1v) is 10.0. The maximum absolute atomic E-state index is 6.23. The summed E-state index contributed by atoms with van der Waals surface area (Å²) in [6.07, 6.45) is 1.14. The summed E-state index contributed by atoms with van der Waals surface area (Å²) in [5.74, 6) is 1.09. The molecule has 0 aliphatic carbocycles. The molecule has 4 nitrogen and oxygen atoms in total. The van der Waals surface area contributed by atoms with E-state index in [-0.39, 0.29) is 11.5 Å². The molecule has 1 aliphatic heterocycles. The van der Waals surface area contributed by atoms with Gasteiger partial charge in [0.15, 0.2) is 0 Å². The normalized spacial score (nSPS) is 21.8. The van der Waals surface area contributed by atoms with Crippen molar-refractivity contribution in [2.45, 2.75) is 32.9 Å². The fourth-order valence-electron chi connectivity index (χ4n) is 4.10. The number of aromatic nitrogens is 2. The number of fused-ring (bicyclic) bond motifs is 1. The monoisotopic (exact) mass is 382 g/mol. The summed E-state index contributed by atoms with van der Waals surface area (Å²) >= 11 is 6.23. The number of nitrogens with zero attached hydrogens (tertiary/aromatic N) is 3. The zero-order chi connectivity index (χ0) is 19.0. The van der Waals surface area contributed by atoms with Gasteiger partial charge < -0.3 is 10.3 Å². The van der Waals surface area contributed by atoms with Gasteiger partial charge in [0, 0.05) is 18.1 Å². The summed E-state index contributed by atoms with van der Waals surface area (Å²) in [6.45, 7) is 8.15. The number of nitrogens with two attached hydrogens (primary N) is 1. The second kappa shape index (κ2) is 7.27. The Bertz CT molecular complexity index is 936. The smallest absolute Gasteiger partial charge is 0.127 e. The van der Waals surface area contributed by atoms with Crippen molar-refractivity contribution in [1.82, 2.24) is 14.5 Å². The average Bonchev–Trinajstić information content (AvgIpc) is 3.24. The van der Waals surface area contributed by atoms with Crippen molar-refractivity contribution in [3.8, 4) is 0 Å². The third kappa shape index (κ3) is 3.62. The number of benzene rings is 2. The molecule has 2 heterocycles. The lowest BCUT2D eigenvalue weighted by atomic mass is 9.90. The van der Waals surface area contributed by atoms with Crippen LogP contribution in [-0.4, -0.2) is 34.1 Å². The predicted molar refractivity (Wildman–Crippen MR) is 112 cm³/mol. The number of hydrogen-bond acceptors (Lipinski definition) is 3. The van der Waals surface area contributed by atoms with Gasteiger partial charge >= 0.3 is 0 Å². The molecule has 1 aromatic heterocycles. The summed E-state index contributed by atoms with van der Waals surface area (Å²) in [5.41, 5.74) is 9.58. The molecule has 0 spiro atoms. The lowest BCUT2D eigenvalue weighted by molar-refractivity contribution is 0.217. The van der Waals surface area contributed by atoms with E-state index in [1.165, 1.54) is 5.56 Å². The highest BCUT2D eigenvalue weighted by atomic mass is 35.5. The van der Waals surface area contributed by atoms with Crippen LogP contribution in [0.3, 0.4) is 0 Å². The first-order valence-electron chi connectivity index (χ1n) is 9.63. The molecule has 1 aliphatic rings. The Morgan fingerprint density at radius 3 is 2.70 bits per heavy atom. The number of halogens is 1. The highest BCUT2D eigenvalue weighted by molar-refractivity contribution is 6.31. The van der Waals surface area contributed by atoms with Crippen LogP contribution in [0.25, 0.3) is 11.0 Å². The second-order valence-corrected chi connectivity index (χ2v) is 8.52. The molecule has 2 aromatic carbocycles. The molecule has 0 bridgehead atoms. The molecule has 4 rings (SSSR count). The first kappa shape index (κ1) is 18.5. The van der Waals surface area contributed by atoms with E-state index in [0.29, 0.717) is 0 Å². The molecular weight excluding hydrogens is 356 g/mol. The zero-order valence-electron chi connectivity index (χ0n) is 16.0. The van der Waals surface area contributed by atoms with Gasteiger partial charge in [-0.25, -0.2) is 4.98 Å². The Hall–Kier alpha value is -1.88. The van der Waals surface area contributed by atoms with E-state index in [2.05, 4.69) is 59.7 Å². The molecule has 2 N–H and O–H groups in total. The van der Waals surface area contributed by atoms with E-state index < -0.39 is 0 Å². The summed E-state index contributed by atoms with van der Waals surface area (Å²) in [5, 5.41) is 0.725. The molecule has 0 radical (unpaired) electrons. The maximum atomic E-state index is 6.23. The fraction of sp³-hybridized carbons (Fsp3) is 0.409. The van der Waals surface area contributed by atoms with E-state index in [1.54, 1.807) is 0 Å². The minimum absolute atomic E-state index is 0.202. The average molecular weight is 383 g/mol. The van der Waals surface area contributed by atoms with Crippen molar-refractivity contribution in [1.29, 1.82) is 0 Å². The molecular formula is C22H27ClN4. The molecule has 0 amide bonds. The lowest BCUT2D eigenvalue weighted by Gasteiger charge is -2.27. The van der Waals surface area contributed by atoms with Gasteiger partial charge in [-0.15, -0.1) is 0 Å². The minimum Gasteiger partial charge on any atom is -0.330 e. The fourth-order valence-corrected chi connectivity index (χ4v) is 4.26. The van der Waals surface area contributed by atoms with Gasteiger partial charge in [0.05, 0.1) is 17.1 Å². The molecule has 2 unspecified atom stereocenters. The number of hydrogen-bond donors (Lipinski definition) is 1. The quantitative estimate of drug-likeness (QED) is 0.708. The molecule has 27 heavy (non-hydrogen) atoms. The number of imidazole rings is 1. The van der Waals surface area contributed by atoms with Gasteiger partial charge in [-0.05, 0) is 55.6 Å². The predicted octanol–water partition coefficient (Wildman–Crippen LogP) is 4.47. The van der Waals surface area contributed by atoms with E-state index in [0.717, 1.165) is 54.5 Å². The van der Waals surface area contributed by atoms with Crippen molar-refractivity contribution in [2.24, 2.45) is 11.1 Å². The van der Waals surface area contributed by atoms with Crippen LogP contribution in [0.5, 0.6) is 0 Å². The molecule has 3 aromatic rings. The molecule has 142 valence electrons. The lowest BCUT2D eigenvalue weighted by Crippen LogP contribution is -2.33. The molecule has 2 atom stereocenters. The Kier molecular flexibility index (Phi) is 4.97. The van der Waals surface area contributed by atoms with Gasteiger partial charge in [-0.2, -0.15) is 0 Å². The number of likely N-dealkylation sites (tertiary alicyclic amines) is 1. The van der Waals surface area contributed by atoms with E-state index in [4.69, 9.17) is 22.3 Å². The second-order valence-electron chi connectivity index (χ2n) is 8.09. The van der Waals surface area contributed by atoms with Gasteiger partial charge in [0.25, 0.3) is 0 Å². The third-order valence-corrected chi connectivity index (χ3v) is 6.16. The van der Waals surface area contributed by atoms with Crippen LogP contribution in [-0.2, 0) is 6.54 Å². The Morgan fingerprint density at radius 2 is 2.00 bits per heavy atom. The zero-order valence-corrected chi connectivity index (χ0v) is 16.8. The summed E-state index contributed by atoms with van der Waals surface area (Å²) in [6, 6.07) is 16.8. The van der Waals surface area contributed by atoms with Crippen molar-refractivity contribution in [2.75, 3.05) is 19.6 Å². The van der Waals surface area contributed by atoms with Crippen LogP contribution < -0.4 is 5.73 Å². The van der Waals surface area contributed by atoms with Crippen molar-refractivity contribution >= 4 is 22.6 Å². The van der Waals surface area contributed by atoms with Gasteiger partial charge in [-0.1, -0.05) is 48.9 Å². The highest BCUT2D eigenvalue weighted by Crippen LogP contribution is 2.35.